The van der Waals surface area contributed by atoms with Crippen LogP contribution in [0.25, 0.3) is 33.6 Å². The molecule has 182 valence electrons. The van der Waals surface area contributed by atoms with Crippen LogP contribution in [0.1, 0.15) is 20.8 Å². The largest absolute Gasteiger partial charge is 0.459 e. The van der Waals surface area contributed by atoms with Crippen LogP contribution in [0.5, 0.6) is 0 Å². The van der Waals surface area contributed by atoms with Gasteiger partial charge < -0.3 is 24.4 Å². The molecule has 0 aliphatic rings. The number of oxazole rings is 1. The smallest absolute Gasteiger partial charge is 0.326 e. The first-order valence-corrected chi connectivity index (χ1v) is 11.4. The fraction of sp³-hybridized carbons (Fsp3) is 0.185. The number of rotatable bonds is 5. The number of urea groups is 1. The van der Waals surface area contributed by atoms with Gasteiger partial charge in [-0.2, -0.15) is 0 Å². The molecule has 3 heterocycles. The summed E-state index contributed by atoms with van der Waals surface area (Å²) in [6, 6.07) is 17.7. The van der Waals surface area contributed by atoms with Crippen LogP contribution in [0.2, 0.25) is 0 Å². The summed E-state index contributed by atoms with van der Waals surface area (Å²) in [5, 5.41) is 6.54. The van der Waals surface area contributed by atoms with E-state index in [1.807, 2.05) is 67.9 Å². The van der Waals surface area contributed by atoms with E-state index in [1.54, 1.807) is 30.5 Å². The average Bonchev–Trinajstić information content (AvgIpc) is 3.42. The maximum absolute atomic E-state index is 12.6. The number of hydrogen-bond acceptors (Lipinski definition) is 6. The minimum absolute atomic E-state index is 0.111. The first-order chi connectivity index (χ1) is 17.2. The minimum atomic E-state index is -0.538. The summed E-state index contributed by atoms with van der Waals surface area (Å²) in [5.74, 6) is 0.108. The molecule has 0 fully saturated rings. The Morgan fingerprint density at radius 2 is 1.78 bits per heavy atom. The summed E-state index contributed by atoms with van der Waals surface area (Å²) in [7, 11) is 0. The summed E-state index contributed by atoms with van der Waals surface area (Å²) in [5.41, 5.74) is 3.36. The number of esters is 1. The van der Waals surface area contributed by atoms with Crippen molar-refractivity contribution in [3.8, 4) is 11.6 Å². The first kappa shape index (κ1) is 23.1. The number of carbonyl (C=O) groups excluding carboxylic acids is 2. The Bertz CT molecular complexity index is 1560. The normalized spacial score (nSPS) is 11.5. The molecule has 0 spiro atoms. The quantitative estimate of drug-likeness (QED) is 0.304. The highest BCUT2D eigenvalue weighted by Gasteiger charge is 2.17. The van der Waals surface area contributed by atoms with E-state index in [0.717, 1.165) is 10.9 Å². The van der Waals surface area contributed by atoms with Gasteiger partial charge >= 0.3 is 12.0 Å². The van der Waals surface area contributed by atoms with Gasteiger partial charge in [0.15, 0.2) is 5.58 Å². The number of carbonyl (C=O) groups is 2. The second-order valence-corrected chi connectivity index (χ2v) is 9.30. The van der Waals surface area contributed by atoms with Crippen molar-refractivity contribution in [2.45, 2.75) is 32.9 Å². The zero-order valence-electron chi connectivity index (χ0n) is 20.1. The zero-order valence-corrected chi connectivity index (χ0v) is 20.1. The van der Waals surface area contributed by atoms with Crippen LogP contribution < -0.4 is 10.6 Å². The maximum atomic E-state index is 12.6. The molecule has 5 rings (SSSR count). The summed E-state index contributed by atoms with van der Waals surface area (Å²) in [6.07, 6.45) is 3.50. The van der Waals surface area contributed by atoms with E-state index in [-0.39, 0.29) is 12.5 Å². The highest BCUT2D eigenvalue weighted by molar-refractivity contribution is 6.02. The Morgan fingerprint density at radius 1 is 1.00 bits per heavy atom. The lowest BCUT2D eigenvalue weighted by Crippen LogP contribution is -2.26. The van der Waals surface area contributed by atoms with Gasteiger partial charge in [0.05, 0.1) is 0 Å². The Balaban J connectivity index is 1.26. The lowest BCUT2D eigenvalue weighted by molar-refractivity contribution is -0.155. The molecule has 9 nitrogen and oxygen atoms in total. The van der Waals surface area contributed by atoms with E-state index in [4.69, 9.17) is 9.15 Å². The number of aromatic nitrogens is 3. The van der Waals surface area contributed by atoms with Crippen molar-refractivity contribution in [3.05, 3.63) is 73.1 Å². The molecule has 2 N–H and O–H groups in total. The average molecular weight is 484 g/mol. The van der Waals surface area contributed by atoms with Gasteiger partial charge in [0.2, 0.25) is 5.89 Å². The van der Waals surface area contributed by atoms with Crippen LogP contribution >= 0.6 is 0 Å². The standard InChI is InChI=1S/C27H25N5O4/c1-27(2,3)36-24(33)16-32-13-11-17-14-18(8-10-22(17)32)29-26(34)30-19-7-9-20-23(15-19)35-25(31-20)21-6-4-5-12-28-21/h4-15H,16H2,1-3H3,(H2,29,30,34). The molecule has 0 radical (unpaired) electrons. The zero-order chi connectivity index (χ0) is 25.3. The summed E-state index contributed by atoms with van der Waals surface area (Å²) in [4.78, 5) is 33.5. The molecule has 2 amide bonds. The third kappa shape index (κ3) is 5.20. The van der Waals surface area contributed by atoms with Gasteiger partial charge in [0, 0.05) is 40.7 Å². The molecule has 0 saturated carbocycles. The van der Waals surface area contributed by atoms with Gasteiger partial charge in [-0.05, 0) is 69.3 Å². The summed E-state index contributed by atoms with van der Waals surface area (Å²) >= 11 is 0. The Labute approximate surface area is 207 Å². The minimum Gasteiger partial charge on any atom is -0.459 e. The Kier molecular flexibility index (Phi) is 5.89. The van der Waals surface area contributed by atoms with Crippen LogP contribution in [0.4, 0.5) is 16.2 Å². The number of nitrogens with one attached hydrogen (secondary N) is 2. The number of fused-ring (bicyclic) bond motifs is 2. The van der Waals surface area contributed by atoms with Crippen molar-refractivity contribution in [2.24, 2.45) is 0 Å². The number of amides is 2. The molecule has 0 atom stereocenters. The van der Waals surface area contributed by atoms with Crippen LogP contribution in [0.3, 0.4) is 0 Å². The molecule has 9 heteroatoms. The van der Waals surface area contributed by atoms with Crippen LogP contribution in [-0.4, -0.2) is 32.1 Å². The van der Waals surface area contributed by atoms with E-state index in [2.05, 4.69) is 20.6 Å². The lowest BCUT2D eigenvalue weighted by atomic mass is 10.2. The number of nitrogens with zero attached hydrogens (tertiary/aromatic N) is 3. The first-order valence-electron chi connectivity index (χ1n) is 11.4. The van der Waals surface area contributed by atoms with Crippen LogP contribution in [0.15, 0.2) is 77.5 Å². The maximum Gasteiger partial charge on any atom is 0.326 e. The molecule has 0 aliphatic carbocycles. The van der Waals surface area contributed by atoms with Gasteiger partial charge in [0.1, 0.15) is 23.4 Å². The van der Waals surface area contributed by atoms with Crippen molar-refractivity contribution in [2.75, 3.05) is 10.6 Å². The van der Waals surface area contributed by atoms with Gasteiger partial charge in [-0.1, -0.05) is 6.07 Å². The molecule has 3 aromatic heterocycles. The van der Waals surface area contributed by atoms with Crippen molar-refractivity contribution in [1.29, 1.82) is 0 Å². The monoisotopic (exact) mass is 483 g/mol. The van der Waals surface area contributed by atoms with Gasteiger partial charge in [-0.15, -0.1) is 0 Å². The highest BCUT2D eigenvalue weighted by Crippen LogP contribution is 2.26. The van der Waals surface area contributed by atoms with E-state index in [1.165, 1.54) is 0 Å². The van der Waals surface area contributed by atoms with E-state index in [0.29, 0.717) is 34.1 Å². The van der Waals surface area contributed by atoms with Gasteiger partial charge in [-0.25, -0.2) is 9.78 Å². The van der Waals surface area contributed by atoms with Crippen molar-refractivity contribution < 1.29 is 18.7 Å². The van der Waals surface area contributed by atoms with Crippen molar-refractivity contribution in [1.82, 2.24) is 14.5 Å². The second kappa shape index (κ2) is 9.18. The fourth-order valence-corrected chi connectivity index (χ4v) is 3.82. The van der Waals surface area contributed by atoms with Gasteiger partial charge in [0.25, 0.3) is 0 Å². The number of pyridine rings is 1. The molecule has 0 bridgehead atoms. The molecule has 0 saturated heterocycles. The Hall–Kier alpha value is -4.66. The van der Waals surface area contributed by atoms with Crippen LogP contribution in [-0.2, 0) is 16.1 Å². The number of hydrogen-bond donors (Lipinski definition) is 2. The van der Waals surface area contributed by atoms with Gasteiger partial charge in [-0.3, -0.25) is 9.78 Å². The predicted octanol–water partition coefficient (Wildman–Crippen LogP) is 5.83. The molecule has 0 aliphatic heterocycles. The molecule has 5 aromatic rings. The van der Waals surface area contributed by atoms with Crippen molar-refractivity contribution in [3.63, 3.8) is 0 Å². The second-order valence-electron chi connectivity index (χ2n) is 9.30. The molecule has 0 unspecified atom stereocenters. The van der Waals surface area contributed by atoms with E-state index in [9.17, 15) is 9.59 Å². The lowest BCUT2D eigenvalue weighted by Gasteiger charge is -2.19. The van der Waals surface area contributed by atoms with Crippen molar-refractivity contribution >= 4 is 45.4 Å². The molecule has 36 heavy (non-hydrogen) atoms. The van der Waals surface area contributed by atoms with E-state index >= 15 is 0 Å². The van der Waals surface area contributed by atoms with E-state index < -0.39 is 11.6 Å². The molecular formula is C27H25N5O4. The predicted molar refractivity (Wildman–Crippen MR) is 138 cm³/mol. The number of ether oxygens (including phenoxy) is 1. The molecule has 2 aromatic carbocycles. The Morgan fingerprint density at radius 3 is 2.53 bits per heavy atom. The highest BCUT2D eigenvalue weighted by atomic mass is 16.6. The van der Waals surface area contributed by atoms with Crippen LogP contribution in [0, 0.1) is 0 Å². The summed E-state index contributed by atoms with van der Waals surface area (Å²) < 4.78 is 13.0. The summed E-state index contributed by atoms with van der Waals surface area (Å²) in [6.45, 7) is 5.63. The molecular weight excluding hydrogens is 458 g/mol. The topological polar surface area (TPSA) is 111 Å². The number of anilines is 2. The third-order valence-corrected chi connectivity index (χ3v) is 5.28. The number of benzene rings is 2. The SMILES string of the molecule is CC(C)(C)OC(=O)Cn1ccc2cc(NC(=O)Nc3ccc4nc(-c5ccccn5)oc4c3)ccc21. The fourth-order valence-electron chi connectivity index (χ4n) is 3.82. The third-order valence-electron chi connectivity index (χ3n) is 5.28.